The maximum Gasteiger partial charge on any atom is 0.270 e. The number of nitro groups is 1. The summed E-state index contributed by atoms with van der Waals surface area (Å²) in [6.45, 7) is 4.33. The van der Waals surface area contributed by atoms with Crippen LogP contribution < -0.4 is 10.9 Å². The van der Waals surface area contributed by atoms with Gasteiger partial charge in [0, 0.05) is 34.5 Å². The fourth-order valence-corrected chi connectivity index (χ4v) is 7.19. The molecule has 0 bridgehead atoms. The second-order valence-electron chi connectivity index (χ2n) is 8.48. The van der Waals surface area contributed by atoms with E-state index in [0.717, 1.165) is 41.5 Å². The number of fused-ring (bicyclic) bond motifs is 3. The van der Waals surface area contributed by atoms with Crippen molar-refractivity contribution >= 4 is 61.4 Å². The number of hydrogen-bond acceptors (Lipinski definition) is 9. The molecule has 1 atom stereocenters. The predicted molar refractivity (Wildman–Crippen MR) is 144 cm³/mol. The lowest BCUT2D eigenvalue weighted by molar-refractivity contribution is -0.384. The first-order valence-electron chi connectivity index (χ1n) is 11.6. The molecule has 0 radical (unpaired) electrons. The molecule has 1 aliphatic rings. The van der Waals surface area contributed by atoms with Gasteiger partial charge in [-0.2, -0.15) is 0 Å². The van der Waals surface area contributed by atoms with Gasteiger partial charge in [0.15, 0.2) is 10.3 Å². The number of anilines is 1. The van der Waals surface area contributed by atoms with Gasteiger partial charge in [-0.1, -0.05) is 30.8 Å². The molecule has 0 saturated carbocycles. The van der Waals surface area contributed by atoms with Crippen molar-refractivity contribution in [3.05, 3.63) is 60.6 Å². The zero-order chi connectivity index (χ0) is 25.4. The summed E-state index contributed by atoms with van der Waals surface area (Å²) in [6, 6.07) is 6.21. The quantitative estimate of drug-likeness (QED) is 0.135. The normalized spacial score (nSPS) is 13.6. The number of thiophene rings is 1. The van der Waals surface area contributed by atoms with Crippen LogP contribution in [0.25, 0.3) is 21.5 Å². The van der Waals surface area contributed by atoms with Crippen LogP contribution in [0, 0.1) is 10.1 Å². The number of nitrogens with zero attached hydrogens (tertiary/aromatic N) is 4. The van der Waals surface area contributed by atoms with Crippen LogP contribution in [-0.4, -0.2) is 30.6 Å². The van der Waals surface area contributed by atoms with E-state index in [4.69, 9.17) is 4.98 Å². The number of non-ortho nitro benzene ring substituents is 1. The Bertz CT molecular complexity index is 1540. The van der Waals surface area contributed by atoms with Crippen LogP contribution in [0.1, 0.15) is 37.1 Å². The molecule has 12 heteroatoms. The molecule has 9 nitrogen and oxygen atoms in total. The third-order valence-corrected chi connectivity index (χ3v) is 9.01. The summed E-state index contributed by atoms with van der Waals surface area (Å²) in [5.41, 5.74) is 2.27. The van der Waals surface area contributed by atoms with Gasteiger partial charge >= 0.3 is 0 Å². The number of benzene rings is 1. The highest BCUT2D eigenvalue weighted by Gasteiger charge is 2.25. The number of amides is 1. The standard InChI is InChI=1S/C24H23N5O4S3/c1-3-10-28-22(31)19-16-8-5-9-18(16)36-21(19)27-24(28)35-13(2)20(30)26-23-25-17(12-34-23)14-6-4-7-15(11-14)29(32)33/h4,6-7,11-13H,3,5,8-10H2,1-2H3,(H,25,26,30)/t13-/m1/s1. The van der Waals surface area contributed by atoms with Crippen LogP contribution in [0.15, 0.2) is 39.6 Å². The van der Waals surface area contributed by atoms with Crippen molar-refractivity contribution in [1.82, 2.24) is 14.5 Å². The van der Waals surface area contributed by atoms with E-state index >= 15 is 0 Å². The minimum Gasteiger partial charge on any atom is -0.301 e. The van der Waals surface area contributed by atoms with Crippen LogP contribution in [0.4, 0.5) is 10.8 Å². The second-order valence-corrected chi connectivity index (χ2v) is 11.7. The zero-order valence-corrected chi connectivity index (χ0v) is 22.1. The molecule has 1 amide bonds. The molecule has 5 rings (SSSR count). The highest BCUT2D eigenvalue weighted by molar-refractivity contribution is 8.00. The summed E-state index contributed by atoms with van der Waals surface area (Å²) in [6.07, 6.45) is 3.79. The SMILES string of the molecule is CCCn1c(S[C@H](C)C(=O)Nc2nc(-c3cccc([N+](=O)[O-])c3)cs2)nc2sc3c(c2c1=O)CCC3. The van der Waals surface area contributed by atoms with E-state index in [0.29, 0.717) is 28.1 Å². The first-order chi connectivity index (χ1) is 17.4. The average molecular weight is 542 g/mol. The van der Waals surface area contributed by atoms with Gasteiger partial charge in [-0.3, -0.25) is 24.3 Å². The third kappa shape index (κ3) is 4.67. The Hall–Kier alpha value is -3.09. The van der Waals surface area contributed by atoms with Crippen LogP contribution in [-0.2, 0) is 24.2 Å². The summed E-state index contributed by atoms with van der Waals surface area (Å²) >= 11 is 4.11. The van der Waals surface area contributed by atoms with Crippen LogP contribution in [0.2, 0.25) is 0 Å². The highest BCUT2D eigenvalue weighted by atomic mass is 32.2. The van der Waals surface area contributed by atoms with E-state index in [2.05, 4.69) is 10.3 Å². The molecule has 0 spiro atoms. The van der Waals surface area contributed by atoms with E-state index in [1.807, 2.05) is 6.92 Å². The Labute approximate surface area is 218 Å². The molecule has 1 aromatic carbocycles. The molecule has 0 saturated heterocycles. The minimum atomic E-state index is -0.519. The van der Waals surface area contributed by atoms with Crippen molar-refractivity contribution in [3.63, 3.8) is 0 Å². The van der Waals surface area contributed by atoms with Crippen LogP contribution in [0.3, 0.4) is 0 Å². The molecule has 0 aliphatic heterocycles. The maximum absolute atomic E-state index is 13.4. The Morgan fingerprint density at radius 3 is 2.94 bits per heavy atom. The van der Waals surface area contributed by atoms with E-state index in [9.17, 15) is 19.7 Å². The summed E-state index contributed by atoms with van der Waals surface area (Å²) in [4.78, 5) is 48.2. The number of aryl methyl sites for hydroxylation is 2. The molecule has 1 N–H and O–H groups in total. The van der Waals surface area contributed by atoms with Gasteiger partial charge in [0.2, 0.25) is 5.91 Å². The number of aromatic nitrogens is 3. The van der Waals surface area contributed by atoms with Crippen LogP contribution in [0.5, 0.6) is 0 Å². The Morgan fingerprint density at radius 1 is 1.33 bits per heavy atom. The minimum absolute atomic E-state index is 0.0159. The molecular weight excluding hydrogens is 518 g/mol. The molecule has 186 valence electrons. The number of carbonyl (C=O) groups excluding carboxylic acids is 1. The lowest BCUT2D eigenvalue weighted by atomic mass is 10.1. The topological polar surface area (TPSA) is 120 Å². The molecule has 1 aliphatic carbocycles. The average Bonchev–Trinajstić information content (AvgIpc) is 3.58. The smallest absolute Gasteiger partial charge is 0.270 e. The summed E-state index contributed by atoms with van der Waals surface area (Å²) in [7, 11) is 0. The van der Waals surface area contributed by atoms with Crippen molar-refractivity contribution in [1.29, 1.82) is 0 Å². The molecule has 4 aromatic rings. The number of carbonyl (C=O) groups is 1. The number of thioether (sulfide) groups is 1. The van der Waals surface area contributed by atoms with Gasteiger partial charge in [-0.05, 0) is 38.2 Å². The van der Waals surface area contributed by atoms with E-state index < -0.39 is 10.2 Å². The van der Waals surface area contributed by atoms with E-state index in [-0.39, 0.29) is 17.2 Å². The van der Waals surface area contributed by atoms with Crippen molar-refractivity contribution in [2.45, 2.75) is 56.5 Å². The Kier molecular flexibility index (Phi) is 6.91. The van der Waals surface area contributed by atoms with Gasteiger partial charge in [0.05, 0.1) is 21.3 Å². The van der Waals surface area contributed by atoms with Crippen molar-refractivity contribution in [2.24, 2.45) is 0 Å². The van der Waals surface area contributed by atoms with Gasteiger partial charge < -0.3 is 5.32 Å². The van der Waals surface area contributed by atoms with E-state index in [1.165, 1.54) is 40.1 Å². The van der Waals surface area contributed by atoms with Gasteiger partial charge in [-0.15, -0.1) is 22.7 Å². The molecule has 36 heavy (non-hydrogen) atoms. The van der Waals surface area contributed by atoms with Crippen molar-refractivity contribution in [2.75, 3.05) is 5.32 Å². The van der Waals surface area contributed by atoms with Crippen molar-refractivity contribution < 1.29 is 9.72 Å². The molecule has 0 unspecified atom stereocenters. The first-order valence-corrected chi connectivity index (χ1v) is 14.2. The number of rotatable bonds is 8. The summed E-state index contributed by atoms with van der Waals surface area (Å²) < 4.78 is 1.70. The second kappa shape index (κ2) is 10.1. The van der Waals surface area contributed by atoms with Gasteiger partial charge in [0.25, 0.3) is 11.2 Å². The fraction of sp³-hybridized carbons (Fsp3) is 0.333. The van der Waals surface area contributed by atoms with Crippen LogP contribution >= 0.6 is 34.4 Å². The number of nitro benzene ring substituents is 1. The summed E-state index contributed by atoms with van der Waals surface area (Å²) in [5.74, 6) is -0.258. The number of thiazole rings is 1. The summed E-state index contributed by atoms with van der Waals surface area (Å²) in [5, 5.41) is 16.8. The molecule has 0 fully saturated rings. The predicted octanol–water partition coefficient (Wildman–Crippen LogP) is 5.51. The van der Waals surface area contributed by atoms with Crippen molar-refractivity contribution in [3.8, 4) is 11.3 Å². The monoisotopic (exact) mass is 541 g/mol. The number of hydrogen-bond donors (Lipinski definition) is 1. The first kappa shape index (κ1) is 24.6. The Balaban J connectivity index is 1.35. The Morgan fingerprint density at radius 2 is 2.17 bits per heavy atom. The zero-order valence-electron chi connectivity index (χ0n) is 19.6. The van der Waals surface area contributed by atoms with Gasteiger partial charge in [-0.25, -0.2) is 9.97 Å². The molecular formula is C24H23N5O4S3. The third-order valence-electron chi connectivity index (χ3n) is 5.98. The fourth-order valence-electron chi connectivity index (χ4n) is 4.23. The largest absolute Gasteiger partial charge is 0.301 e. The maximum atomic E-state index is 13.4. The highest BCUT2D eigenvalue weighted by Crippen LogP contribution is 2.36. The van der Waals surface area contributed by atoms with E-state index in [1.54, 1.807) is 40.3 Å². The lowest BCUT2D eigenvalue weighted by Crippen LogP contribution is -2.27. The molecule has 3 heterocycles. The lowest BCUT2D eigenvalue weighted by Gasteiger charge is -2.15. The van der Waals surface area contributed by atoms with Gasteiger partial charge in [0.1, 0.15) is 4.83 Å². The number of nitrogens with one attached hydrogen (secondary N) is 1. The molecule has 3 aromatic heterocycles.